The van der Waals surface area contributed by atoms with Gasteiger partial charge in [0.15, 0.2) is 0 Å². The lowest BCUT2D eigenvalue weighted by molar-refractivity contribution is -0.167. The van der Waals surface area contributed by atoms with Crippen molar-refractivity contribution in [3.63, 3.8) is 0 Å². The van der Waals surface area contributed by atoms with Gasteiger partial charge < -0.3 is 14.6 Å². The van der Waals surface area contributed by atoms with E-state index in [2.05, 4.69) is 33.4 Å². The standard InChI is InChI=1S/C24H38O5/c1-14(2)19-10-11-24(7,27)23-20(19)12-15(3)8-9-21(28-17(5)25)16(4)13-22(23)29-18(6)26/h12,14,19-23,27H,4,8-11,13H2,1-3,5-7H3. The number of ether oxygens (including phenoxy) is 2. The SMILES string of the molecule is C=C1CC(OC(C)=O)C2C(C=C(C)CCC1OC(C)=O)C(C(C)C)CCC2(C)O. The summed E-state index contributed by atoms with van der Waals surface area (Å²) in [6, 6.07) is 0. The Bertz CT molecular complexity index is 660. The molecule has 5 nitrogen and oxygen atoms in total. The molecule has 0 heterocycles. The Morgan fingerprint density at radius 2 is 1.83 bits per heavy atom. The zero-order valence-corrected chi connectivity index (χ0v) is 18.9. The number of allylic oxidation sites excluding steroid dienone is 2. The first-order valence-corrected chi connectivity index (χ1v) is 10.8. The van der Waals surface area contributed by atoms with Crippen molar-refractivity contribution >= 4 is 11.9 Å². The molecule has 0 aromatic heterocycles. The van der Waals surface area contributed by atoms with Gasteiger partial charge in [-0.3, -0.25) is 9.59 Å². The molecule has 164 valence electrons. The number of aliphatic hydroxyl groups is 1. The molecule has 0 spiro atoms. The number of hydrogen-bond acceptors (Lipinski definition) is 5. The zero-order chi connectivity index (χ0) is 21.9. The third kappa shape index (κ3) is 5.94. The second-order valence-corrected chi connectivity index (χ2v) is 9.57. The molecule has 0 amide bonds. The van der Waals surface area contributed by atoms with Crippen LogP contribution in [0.25, 0.3) is 0 Å². The van der Waals surface area contributed by atoms with Crippen molar-refractivity contribution in [3.05, 3.63) is 23.8 Å². The maximum atomic E-state index is 12.0. The highest BCUT2D eigenvalue weighted by Crippen LogP contribution is 2.49. The van der Waals surface area contributed by atoms with Crippen LogP contribution >= 0.6 is 0 Å². The third-order valence-electron chi connectivity index (χ3n) is 6.69. The zero-order valence-electron chi connectivity index (χ0n) is 18.9. The van der Waals surface area contributed by atoms with Gasteiger partial charge >= 0.3 is 11.9 Å². The Hall–Kier alpha value is -1.62. The Morgan fingerprint density at radius 1 is 1.21 bits per heavy atom. The van der Waals surface area contributed by atoms with Gasteiger partial charge in [-0.15, -0.1) is 0 Å². The second kappa shape index (κ2) is 9.46. The Kier molecular flexibility index (Phi) is 7.72. The number of rotatable bonds is 3. The lowest BCUT2D eigenvalue weighted by Gasteiger charge is -2.50. The highest BCUT2D eigenvalue weighted by atomic mass is 16.5. The first-order chi connectivity index (χ1) is 13.4. The number of fused-ring (bicyclic) bond motifs is 1. The largest absolute Gasteiger partial charge is 0.462 e. The Labute approximate surface area is 175 Å². The van der Waals surface area contributed by atoms with Crippen LogP contribution in [-0.2, 0) is 19.1 Å². The number of esters is 2. The van der Waals surface area contributed by atoms with Crippen molar-refractivity contribution < 1.29 is 24.2 Å². The third-order valence-corrected chi connectivity index (χ3v) is 6.69. The Morgan fingerprint density at radius 3 is 2.38 bits per heavy atom. The molecule has 0 bridgehead atoms. The maximum Gasteiger partial charge on any atom is 0.303 e. The molecule has 0 aliphatic heterocycles. The van der Waals surface area contributed by atoms with E-state index in [-0.39, 0.29) is 23.8 Å². The highest BCUT2D eigenvalue weighted by Gasteiger charge is 2.50. The van der Waals surface area contributed by atoms with Gasteiger partial charge in [-0.2, -0.15) is 0 Å². The molecule has 6 unspecified atom stereocenters. The molecule has 2 rings (SSSR count). The molecular weight excluding hydrogens is 368 g/mol. The first kappa shape index (κ1) is 23.7. The summed E-state index contributed by atoms with van der Waals surface area (Å²) in [4.78, 5) is 23.6. The predicted molar refractivity (Wildman–Crippen MR) is 113 cm³/mol. The molecule has 2 aliphatic rings. The molecule has 0 radical (unpaired) electrons. The van der Waals surface area contributed by atoms with E-state index in [0.29, 0.717) is 31.1 Å². The van der Waals surface area contributed by atoms with Crippen LogP contribution in [0.3, 0.4) is 0 Å². The van der Waals surface area contributed by atoms with E-state index in [1.54, 1.807) is 0 Å². The second-order valence-electron chi connectivity index (χ2n) is 9.57. The van der Waals surface area contributed by atoms with E-state index in [0.717, 1.165) is 18.4 Å². The van der Waals surface area contributed by atoms with Gasteiger partial charge in [0.1, 0.15) is 12.2 Å². The molecule has 29 heavy (non-hydrogen) atoms. The molecular formula is C24H38O5. The summed E-state index contributed by atoms with van der Waals surface area (Å²) in [7, 11) is 0. The van der Waals surface area contributed by atoms with Crippen molar-refractivity contribution in [2.24, 2.45) is 23.7 Å². The van der Waals surface area contributed by atoms with Gasteiger partial charge in [-0.1, -0.05) is 32.1 Å². The highest BCUT2D eigenvalue weighted by molar-refractivity contribution is 5.67. The lowest BCUT2D eigenvalue weighted by Crippen LogP contribution is -2.53. The molecule has 1 N–H and O–H groups in total. The topological polar surface area (TPSA) is 72.8 Å². The van der Waals surface area contributed by atoms with Crippen LogP contribution in [0.4, 0.5) is 0 Å². The van der Waals surface area contributed by atoms with Crippen LogP contribution in [0.15, 0.2) is 23.8 Å². The fourth-order valence-corrected chi connectivity index (χ4v) is 5.31. The summed E-state index contributed by atoms with van der Waals surface area (Å²) in [6.45, 7) is 15.4. The quantitative estimate of drug-likeness (QED) is 0.548. The molecule has 6 atom stereocenters. The molecule has 0 aromatic carbocycles. The summed E-state index contributed by atoms with van der Waals surface area (Å²) in [6.07, 6.45) is 4.80. The monoisotopic (exact) mass is 406 g/mol. The first-order valence-electron chi connectivity index (χ1n) is 10.8. The Balaban J connectivity index is 2.54. The van der Waals surface area contributed by atoms with Crippen LogP contribution in [0.2, 0.25) is 0 Å². The van der Waals surface area contributed by atoms with Gasteiger partial charge in [0, 0.05) is 26.2 Å². The number of carbonyl (C=O) groups excluding carboxylic acids is 2. The minimum Gasteiger partial charge on any atom is -0.462 e. The van der Waals surface area contributed by atoms with Gasteiger partial charge in [0.25, 0.3) is 0 Å². The van der Waals surface area contributed by atoms with Crippen molar-refractivity contribution in [2.45, 2.75) is 91.5 Å². The fourth-order valence-electron chi connectivity index (χ4n) is 5.31. The van der Waals surface area contributed by atoms with E-state index in [4.69, 9.17) is 9.47 Å². The number of carbonyl (C=O) groups is 2. The minimum absolute atomic E-state index is 0.112. The van der Waals surface area contributed by atoms with Crippen molar-refractivity contribution in [1.29, 1.82) is 0 Å². The van der Waals surface area contributed by atoms with Gasteiger partial charge in [-0.05, 0) is 62.9 Å². The molecule has 0 aromatic rings. The normalized spacial score (nSPS) is 36.1. The van der Waals surface area contributed by atoms with E-state index in [9.17, 15) is 14.7 Å². The van der Waals surface area contributed by atoms with Crippen molar-refractivity contribution in [1.82, 2.24) is 0 Å². The smallest absolute Gasteiger partial charge is 0.303 e. The summed E-state index contributed by atoms with van der Waals surface area (Å²) in [5, 5.41) is 11.4. The van der Waals surface area contributed by atoms with E-state index in [1.165, 1.54) is 19.4 Å². The molecule has 5 heteroatoms. The average molecular weight is 407 g/mol. The molecule has 2 aliphatic carbocycles. The summed E-state index contributed by atoms with van der Waals surface area (Å²) in [5.74, 6) is 0.0226. The minimum atomic E-state index is -0.955. The molecule has 0 saturated heterocycles. The summed E-state index contributed by atoms with van der Waals surface area (Å²) >= 11 is 0. The van der Waals surface area contributed by atoms with Crippen LogP contribution < -0.4 is 0 Å². The average Bonchev–Trinajstić information content (AvgIpc) is 2.55. The molecule has 1 saturated carbocycles. The van der Waals surface area contributed by atoms with Gasteiger partial charge in [-0.25, -0.2) is 0 Å². The van der Waals surface area contributed by atoms with Crippen LogP contribution in [0.5, 0.6) is 0 Å². The predicted octanol–water partition coefficient (Wildman–Crippen LogP) is 4.59. The molecule has 1 fully saturated rings. The summed E-state index contributed by atoms with van der Waals surface area (Å²) < 4.78 is 11.3. The van der Waals surface area contributed by atoms with Crippen LogP contribution in [0, 0.1) is 23.7 Å². The van der Waals surface area contributed by atoms with Gasteiger partial charge in [0.05, 0.1) is 5.60 Å². The lowest BCUT2D eigenvalue weighted by atomic mass is 9.59. The van der Waals surface area contributed by atoms with Crippen molar-refractivity contribution in [3.8, 4) is 0 Å². The van der Waals surface area contributed by atoms with E-state index >= 15 is 0 Å². The number of hydrogen-bond donors (Lipinski definition) is 1. The van der Waals surface area contributed by atoms with Crippen molar-refractivity contribution in [2.75, 3.05) is 0 Å². The fraction of sp³-hybridized carbons (Fsp3) is 0.750. The van der Waals surface area contributed by atoms with Gasteiger partial charge in [0.2, 0.25) is 0 Å². The maximum absolute atomic E-state index is 12.0. The van der Waals surface area contributed by atoms with Crippen LogP contribution in [0.1, 0.15) is 73.6 Å². The van der Waals surface area contributed by atoms with Crippen LogP contribution in [-0.4, -0.2) is 34.9 Å². The van der Waals surface area contributed by atoms with E-state index in [1.807, 2.05) is 6.92 Å². The van der Waals surface area contributed by atoms with E-state index < -0.39 is 17.8 Å². The summed E-state index contributed by atoms with van der Waals surface area (Å²) in [5.41, 5.74) is 0.989.